The Morgan fingerprint density at radius 1 is 0.949 bits per heavy atom. The largest absolute Gasteiger partial charge is 0.497 e. The number of carbonyl (C=O) groups is 2. The molecule has 0 unspecified atom stereocenters. The molecule has 0 bridgehead atoms. The van der Waals surface area contributed by atoms with E-state index in [0.29, 0.717) is 36.8 Å². The fourth-order valence-corrected chi connectivity index (χ4v) is 4.50. The molecule has 1 aliphatic rings. The van der Waals surface area contributed by atoms with Gasteiger partial charge >= 0.3 is 6.03 Å². The first-order chi connectivity index (χ1) is 19.0. The van der Waals surface area contributed by atoms with Crippen molar-refractivity contribution in [3.8, 4) is 5.75 Å². The van der Waals surface area contributed by atoms with Crippen LogP contribution >= 0.6 is 0 Å². The fourth-order valence-electron chi connectivity index (χ4n) is 4.50. The van der Waals surface area contributed by atoms with Crippen molar-refractivity contribution in [3.05, 3.63) is 83.8 Å². The van der Waals surface area contributed by atoms with Gasteiger partial charge in [-0.2, -0.15) is 0 Å². The SMILES string of the molecule is COc1ccc(NC(=O)N(CCCN2CCOCC2)CC(=O)N(Cc2ccccc2)Cc2ccc(C)o2)cc1. The van der Waals surface area contributed by atoms with Gasteiger partial charge in [-0.05, 0) is 55.3 Å². The van der Waals surface area contributed by atoms with E-state index in [9.17, 15) is 9.59 Å². The second-order valence-electron chi connectivity index (χ2n) is 9.64. The predicted octanol–water partition coefficient (Wildman–Crippen LogP) is 4.38. The molecule has 1 saturated heterocycles. The molecular weight excluding hydrogens is 496 g/mol. The lowest BCUT2D eigenvalue weighted by Gasteiger charge is -2.30. The highest BCUT2D eigenvalue weighted by atomic mass is 16.5. The molecule has 0 saturated carbocycles. The molecule has 39 heavy (non-hydrogen) atoms. The number of hydrogen-bond donors (Lipinski definition) is 1. The summed E-state index contributed by atoms with van der Waals surface area (Å²) in [6, 6.07) is 20.4. The van der Waals surface area contributed by atoms with Crippen LogP contribution in [0.2, 0.25) is 0 Å². The first kappa shape index (κ1) is 28.2. The van der Waals surface area contributed by atoms with Gasteiger partial charge in [0.05, 0.1) is 26.9 Å². The van der Waals surface area contributed by atoms with Gasteiger partial charge in [0.1, 0.15) is 23.8 Å². The molecule has 1 aliphatic heterocycles. The number of ether oxygens (including phenoxy) is 2. The lowest BCUT2D eigenvalue weighted by atomic mass is 10.2. The smallest absolute Gasteiger partial charge is 0.322 e. The van der Waals surface area contributed by atoms with Crippen molar-refractivity contribution >= 4 is 17.6 Å². The van der Waals surface area contributed by atoms with Crippen LogP contribution < -0.4 is 10.1 Å². The van der Waals surface area contributed by atoms with Crippen LogP contribution in [-0.4, -0.2) is 79.7 Å². The van der Waals surface area contributed by atoms with Crippen molar-refractivity contribution in [1.82, 2.24) is 14.7 Å². The number of hydrogen-bond acceptors (Lipinski definition) is 6. The summed E-state index contributed by atoms with van der Waals surface area (Å²) in [7, 11) is 1.60. The Balaban J connectivity index is 1.46. The normalized spacial score (nSPS) is 13.6. The van der Waals surface area contributed by atoms with Crippen molar-refractivity contribution in [2.24, 2.45) is 0 Å². The molecular formula is C30H38N4O5. The van der Waals surface area contributed by atoms with Crippen LogP contribution in [0.25, 0.3) is 0 Å². The molecule has 2 aromatic carbocycles. The van der Waals surface area contributed by atoms with E-state index in [-0.39, 0.29) is 18.5 Å². The van der Waals surface area contributed by atoms with E-state index in [4.69, 9.17) is 13.9 Å². The summed E-state index contributed by atoms with van der Waals surface area (Å²) < 4.78 is 16.4. The fraction of sp³-hybridized carbons (Fsp3) is 0.400. The average molecular weight is 535 g/mol. The summed E-state index contributed by atoms with van der Waals surface area (Å²) in [5.41, 5.74) is 1.65. The molecule has 0 radical (unpaired) electrons. The van der Waals surface area contributed by atoms with Gasteiger partial charge in [0.25, 0.3) is 0 Å². The Kier molecular flexibility index (Phi) is 10.4. The summed E-state index contributed by atoms with van der Waals surface area (Å²) >= 11 is 0. The maximum Gasteiger partial charge on any atom is 0.322 e. The third kappa shape index (κ3) is 8.87. The molecule has 3 amide bonds. The van der Waals surface area contributed by atoms with Gasteiger partial charge in [-0.1, -0.05) is 30.3 Å². The van der Waals surface area contributed by atoms with Crippen LogP contribution in [0.4, 0.5) is 10.5 Å². The third-order valence-electron chi connectivity index (χ3n) is 6.67. The minimum absolute atomic E-state index is 0.0440. The van der Waals surface area contributed by atoms with Crippen LogP contribution in [0, 0.1) is 6.92 Å². The number of methoxy groups -OCH3 is 1. The highest BCUT2D eigenvalue weighted by Crippen LogP contribution is 2.17. The molecule has 0 atom stereocenters. The Labute approximate surface area is 230 Å². The molecule has 9 nitrogen and oxygen atoms in total. The van der Waals surface area contributed by atoms with Gasteiger partial charge in [-0.25, -0.2) is 4.79 Å². The monoisotopic (exact) mass is 534 g/mol. The minimum atomic E-state index is -0.316. The van der Waals surface area contributed by atoms with Gasteiger partial charge in [0.15, 0.2) is 0 Å². The zero-order valence-electron chi connectivity index (χ0n) is 22.8. The molecule has 2 heterocycles. The Morgan fingerprint density at radius 3 is 2.36 bits per heavy atom. The summed E-state index contributed by atoms with van der Waals surface area (Å²) in [6.07, 6.45) is 0.749. The lowest BCUT2D eigenvalue weighted by molar-refractivity contribution is -0.133. The first-order valence-corrected chi connectivity index (χ1v) is 13.4. The van der Waals surface area contributed by atoms with Crippen molar-refractivity contribution in [2.75, 3.05) is 58.4 Å². The van der Waals surface area contributed by atoms with Crippen LogP contribution in [-0.2, 0) is 22.6 Å². The van der Waals surface area contributed by atoms with E-state index in [1.165, 1.54) is 0 Å². The number of furan rings is 1. The molecule has 1 aromatic heterocycles. The zero-order chi connectivity index (χ0) is 27.5. The number of morpholine rings is 1. The van der Waals surface area contributed by atoms with Crippen molar-refractivity contribution in [1.29, 1.82) is 0 Å². The first-order valence-electron chi connectivity index (χ1n) is 13.4. The van der Waals surface area contributed by atoms with Gasteiger partial charge in [-0.3, -0.25) is 9.69 Å². The van der Waals surface area contributed by atoms with E-state index in [2.05, 4.69) is 10.2 Å². The predicted molar refractivity (Wildman–Crippen MR) is 150 cm³/mol. The number of nitrogens with one attached hydrogen (secondary N) is 1. The van der Waals surface area contributed by atoms with E-state index < -0.39 is 0 Å². The number of benzene rings is 2. The number of carbonyl (C=O) groups excluding carboxylic acids is 2. The Morgan fingerprint density at radius 2 is 1.69 bits per heavy atom. The molecule has 0 spiro atoms. The number of aryl methyl sites for hydroxylation is 1. The van der Waals surface area contributed by atoms with E-state index in [1.54, 1.807) is 41.2 Å². The maximum atomic E-state index is 13.7. The quantitative estimate of drug-likeness (QED) is 0.371. The summed E-state index contributed by atoms with van der Waals surface area (Å²) in [5.74, 6) is 2.05. The van der Waals surface area contributed by atoms with Crippen LogP contribution in [0.3, 0.4) is 0 Å². The van der Waals surface area contributed by atoms with Crippen molar-refractivity contribution in [3.63, 3.8) is 0 Å². The van der Waals surface area contributed by atoms with Gasteiger partial charge in [0.2, 0.25) is 5.91 Å². The van der Waals surface area contributed by atoms with E-state index in [1.807, 2.05) is 49.4 Å². The van der Waals surface area contributed by atoms with E-state index in [0.717, 1.165) is 50.6 Å². The molecule has 208 valence electrons. The number of amides is 3. The summed E-state index contributed by atoms with van der Waals surface area (Å²) in [6.45, 7) is 7.07. The average Bonchev–Trinajstić information content (AvgIpc) is 3.38. The highest BCUT2D eigenvalue weighted by molar-refractivity contribution is 5.92. The second-order valence-corrected chi connectivity index (χ2v) is 9.64. The highest BCUT2D eigenvalue weighted by Gasteiger charge is 2.23. The van der Waals surface area contributed by atoms with Gasteiger partial charge < -0.3 is 29.0 Å². The van der Waals surface area contributed by atoms with Crippen LogP contribution in [0.5, 0.6) is 5.75 Å². The van der Waals surface area contributed by atoms with Gasteiger partial charge in [0, 0.05) is 38.4 Å². The maximum absolute atomic E-state index is 13.7. The Hall–Kier alpha value is -3.82. The molecule has 0 aliphatic carbocycles. The molecule has 9 heteroatoms. The molecule has 1 fully saturated rings. The van der Waals surface area contributed by atoms with Crippen LogP contribution in [0.1, 0.15) is 23.5 Å². The molecule has 1 N–H and O–H groups in total. The summed E-state index contributed by atoms with van der Waals surface area (Å²) in [4.78, 5) is 32.7. The standard InChI is InChI=1S/C30H38N4O5/c1-24-9-12-28(39-24)22-34(21-25-7-4-3-5-8-25)29(35)23-33(16-6-15-32-17-19-38-20-18-32)30(36)31-26-10-13-27(37-2)14-11-26/h3-5,7-14H,6,15-23H2,1-2H3,(H,31,36). The minimum Gasteiger partial charge on any atom is -0.497 e. The second kappa shape index (κ2) is 14.4. The lowest BCUT2D eigenvalue weighted by Crippen LogP contribution is -2.45. The van der Waals surface area contributed by atoms with Crippen molar-refractivity contribution < 1.29 is 23.5 Å². The van der Waals surface area contributed by atoms with E-state index >= 15 is 0 Å². The molecule has 4 rings (SSSR count). The topological polar surface area (TPSA) is 87.5 Å². The Bertz CT molecular complexity index is 1180. The number of urea groups is 1. The zero-order valence-corrected chi connectivity index (χ0v) is 22.8. The van der Waals surface area contributed by atoms with Crippen LogP contribution in [0.15, 0.2) is 71.1 Å². The number of nitrogens with zero attached hydrogens (tertiary/aromatic N) is 3. The van der Waals surface area contributed by atoms with Crippen molar-refractivity contribution in [2.45, 2.75) is 26.4 Å². The summed E-state index contributed by atoms with van der Waals surface area (Å²) in [5, 5.41) is 2.94. The molecule has 3 aromatic rings. The number of anilines is 1. The van der Waals surface area contributed by atoms with Gasteiger partial charge in [-0.15, -0.1) is 0 Å². The third-order valence-corrected chi connectivity index (χ3v) is 6.67. The number of rotatable bonds is 12.